The van der Waals surface area contributed by atoms with E-state index in [0.717, 1.165) is 12.8 Å². The molecule has 5 heteroatoms. The third-order valence-corrected chi connectivity index (χ3v) is 2.81. The maximum Gasteiger partial charge on any atom is 0.226 e. The minimum Gasteiger partial charge on any atom is -0.258 e. The van der Waals surface area contributed by atoms with Gasteiger partial charge in [-0.3, -0.25) is 5.84 Å². The van der Waals surface area contributed by atoms with Gasteiger partial charge >= 0.3 is 0 Å². The van der Waals surface area contributed by atoms with Crippen molar-refractivity contribution in [2.24, 2.45) is 5.84 Å². The lowest BCUT2D eigenvalue weighted by atomic mass is 11.0. The molecule has 8 heavy (non-hydrogen) atoms. The summed E-state index contributed by atoms with van der Waals surface area (Å²) in [6, 6.07) is 0. The molecule has 3 N–H and O–H groups in total. The summed E-state index contributed by atoms with van der Waals surface area (Å²) in [7, 11) is -3.10. The van der Waals surface area contributed by atoms with Gasteiger partial charge in [0.15, 0.2) is 0 Å². The Balaban J connectivity index is 2.65. The fraction of sp³-hybridized carbons (Fsp3) is 1.00. The lowest BCUT2D eigenvalue weighted by Crippen LogP contribution is -2.33. The van der Waals surface area contributed by atoms with Crippen LogP contribution in [0.3, 0.4) is 0 Å². The fourth-order valence-corrected chi connectivity index (χ4v) is 1.42. The molecule has 0 atom stereocenters. The van der Waals surface area contributed by atoms with Crippen LogP contribution in [0, 0.1) is 0 Å². The van der Waals surface area contributed by atoms with Gasteiger partial charge in [0, 0.05) is 0 Å². The Kier molecular flexibility index (Phi) is 1.26. The summed E-state index contributed by atoms with van der Waals surface area (Å²) in [5.74, 6) is 4.71. The van der Waals surface area contributed by atoms with Gasteiger partial charge < -0.3 is 0 Å². The van der Waals surface area contributed by atoms with Crippen molar-refractivity contribution in [3.8, 4) is 0 Å². The molecule has 0 saturated heterocycles. The highest BCUT2D eigenvalue weighted by molar-refractivity contribution is 7.90. The molecular formula is C3H8N2O2S. The van der Waals surface area contributed by atoms with Gasteiger partial charge in [0.05, 0.1) is 5.25 Å². The van der Waals surface area contributed by atoms with Crippen molar-refractivity contribution in [1.29, 1.82) is 0 Å². The summed E-state index contributed by atoms with van der Waals surface area (Å²) in [6.07, 6.45) is 1.51. The van der Waals surface area contributed by atoms with E-state index in [1.54, 1.807) is 4.83 Å². The van der Waals surface area contributed by atoms with Crippen LogP contribution in [-0.4, -0.2) is 13.7 Å². The van der Waals surface area contributed by atoms with Crippen molar-refractivity contribution in [2.75, 3.05) is 0 Å². The Morgan fingerprint density at radius 2 is 2.00 bits per heavy atom. The number of hydrogen-bond donors (Lipinski definition) is 2. The van der Waals surface area contributed by atoms with Crippen LogP contribution in [0.1, 0.15) is 12.8 Å². The van der Waals surface area contributed by atoms with Crippen LogP contribution in [0.2, 0.25) is 0 Å². The second kappa shape index (κ2) is 1.68. The van der Waals surface area contributed by atoms with Crippen LogP contribution in [0.15, 0.2) is 0 Å². The summed E-state index contributed by atoms with van der Waals surface area (Å²) in [5, 5.41) is -0.201. The zero-order valence-electron chi connectivity index (χ0n) is 4.29. The van der Waals surface area contributed by atoms with Crippen molar-refractivity contribution in [1.82, 2.24) is 4.83 Å². The molecule has 1 aliphatic carbocycles. The number of nitrogens with two attached hydrogens (primary N) is 1. The molecular weight excluding hydrogens is 128 g/mol. The van der Waals surface area contributed by atoms with E-state index in [-0.39, 0.29) is 5.25 Å². The molecule has 4 nitrogen and oxygen atoms in total. The van der Waals surface area contributed by atoms with Crippen LogP contribution in [0.25, 0.3) is 0 Å². The molecule has 48 valence electrons. The predicted molar refractivity (Wildman–Crippen MR) is 29.3 cm³/mol. The lowest BCUT2D eigenvalue weighted by Gasteiger charge is -1.94. The van der Waals surface area contributed by atoms with E-state index in [4.69, 9.17) is 5.84 Å². The number of rotatable bonds is 2. The van der Waals surface area contributed by atoms with Gasteiger partial charge in [-0.05, 0) is 12.8 Å². The lowest BCUT2D eigenvalue weighted by molar-refractivity contribution is 0.583. The molecule has 1 rings (SSSR count). The second-order valence-corrected chi connectivity index (χ2v) is 3.85. The Bertz CT molecular complexity index is 170. The van der Waals surface area contributed by atoms with Gasteiger partial charge in [-0.15, -0.1) is 0 Å². The molecule has 0 amide bonds. The van der Waals surface area contributed by atoms with Crippen LogP contribution in [0.4, 0.5) is 0 Å². The van der Waals surface area contributed by atoms with Gasteiger partial charge in [-0.1, -0.05) is 0 Å². The fourth-order valence-electron chi connectivity index (χ4n) is 0.475. The first-order valence-electron chi connectivity index (χ1n) is 2.38. The van der Waals surface area contributed by atoms with Crippen LogP contribution < -0.4 is 10.7 Å². The molecule has 1 aliphatic rings. The average Bonchev–Trinajstić information content (AvgIpc) is 2.44. The smallest absolute Gasteiger partial charge is 0.226 e. The zero-order chi connectivity index (χ0) is 6.20. The summed E-state index contributed by atoms with van der Waals surface area (Å²) in [6.45, 7) is 0. The zero-order valence-corrected chi connectivity index (χ0v) is 5.11. The summed E-state index contributed by atoms with van der Waals surface area (Å²) in [5.41, 5.74) is 0. The first-order valence-corrected chi connectivity index (χ1v) is 3.92. The van der Waals surface area contributed by atoms with Crippen molar-refractivity contribution in [3.63, 3.8) is 0 Å². The van der Waals surface area contributed by atoms with E-state index < -0.39 is 10.0 Å². The highest BCUT2D eigenvalue weighted by atomic mass is 32.2. The van der Waals surface area contributed by atoms with E-state index in [9.17, 15) is 8.42 Å². The van der Waals surface area contributed by atoms with E-state index in [0.29, 0.717) is 0 Å². The number of sulfonamides is 1. The van der Waals surface area contributed by atoms with E-state index in [1.165, 1.54) is 0 Å². The first-order chi connectivity index (χ1) is 3.67. The topological polar surface area (TPSA) is 72.2 Å². The highest BCUT2D eigenvalue weighted by Crippen LogP contribution is 2.26. The van der Waals surface area contributed by atoms with Crippen LogP contribution >= 0.6 is 0 Å². The quantitative estimate of drug-likeness (QED) is 0.375. The normalized spacial score (nSPS) is 21.1. The molecule has 0 aromatic heterocycles. The number of hydrogen-bond acceptors (Lipinski definition) is 3. The molecule has 0 heterocycles. The largest absolute Gasteiger partial charge is 0.258 e. The molecule has 0 spiro atoms. The van der Waals surface area contributed by atoms with Gasteiger partial charge in [-0.25, -0.2) is 8.42 Å². The Morgan fingerprint density at radius 1 is 1.50 bits per heavy atom. The number of nitrogens with one attached hydrogen (secondary N) is 1. The molecule has 0 aromatic carbocycles. The Hall–Kier alpha value is -0.130. The molecule has 1 fully saturated rings. The molecule has 0 bridgehead atoms. The Labute approximate surface area is 48.1 Å². The molecule has 0 aromatic rings. The number of hydrazine groups is 1. The van der Waals surface area contributed by atoms with E-state index >= 15 is 0 Å². The van der Waals surface area contributed by atoms with Crippen LogP contribution in [-0.2, 0) is 10.0 Å². The maximum atomic E-state index is 10.5. The molecule has 1 saturated carbocycles. The molecule has 0 radical (unpaired) electrons. The summed E-state index contributed by atoms with van der Waals surface area (Å²) >= 11 is 0. The average molecular weight is 136 g/mol. The van der Waals surface area contributed by atoms with Crippen molar-refractivity contribution in [3.05, 3.63) is 0 Å². The summed E-state index contributed by atoms with van der Waals surface area (Å²) < 4.78 is 21.1. The maximum absolute atomic E-state index is 10.5. The van der Waals surface area contributed by atoms with E-state index in [2.05, 4.69) is 0 Å². The van der Waals surface area contributed by atoms with Crippen LogP contribution in [0.5, 0.6) is 0 Å². The Morgan fingerprint density at radius 3 is 2.12 bits per heavy atom. The van der Waals surface area contributed by atoms with Gasteiger partial charge in [0.25, 0.3) is 0 Å². The van der Waals surface area contributed by atoms with Crippen molar-refractivity contribution in [2.45, 2.75) is 18.1 Å². The van der Waals surface area contributed by atoms with Gasteiger partial charge in [0.2, 0.25) is 10.0 Å². The molecule has 0 unspecified atom stereocenters. The predicted octanol–water partition coefficient (Wildman–Crippen LogP) is -1.06. The highest BCUT2D eigenvalue weighted by Gasteiger charge is 2.34. The second-order valence-electron chi connectivity index (χ2n) is 1.86. The third-order valence-electron chi connectivity index (χ3n) is 1.13. The molecule has 0 aliphatic heterocycles. The van der Waals surface area contributed by atoms with Gasteiger partial charge in [0.1, 0.15) is 0 Å². The van der Waals surface area contributed by atoms with E-state index in [1.807, 2.05) is 0 Å². The monoisotopic (exact) mass is 136 g/mol. The minimum atomic E-state index is -3.10. The SMILES string of the molecule is NNS(=O)(=O)C1CC1. The first kappa shape index (κ1) is 6.00. The summed E-state index contributed by atoms with van der Waals surface area (Å²) in [4.78, 5) is 1.78. The standard InChI is InChI=1S/C3H8N2O2S/c4-5-8(6,7)3-1-2-3/h3,5H,1-2,4H2. The van der Waals surface area contributed by atoms with Crippen molar-refractivity contribution >= 4 is 10.0 Å². The van der Waals surface area contributed by atoms with Crippen molar-refractivity contribution < 1.29 is 8.42 Å². The van der Waals surface area contributed by atoms with Gasteiger partial charge in [-0.2, -0.15) is 4.83 Å². The third kappa shape index (κ3) is 0.988. The minimum absolute atomic E-state index is 0.201.